The van der Waals surface area contributed by atoms with Gasteiger partial charge in [-0.05, 0) is 42.4 Å². The van der Waals surface area contributed by atoms with Crippen LogP contribution in [0, 0.1) is 11.2 Å². The van der Waals surface area contributed by atoms with Crippen LogP contribution in [0.4, 0.5) is 4.39 Å². The van der Waals surface area contributed by atoms with Crippen LogP contribution >= 0.6 is 27.5 Å². The van der Waals surface area contributed by atoms with Gasteiger partial charge in [0.25, 0.3) is 0 Å². The van der Waals surface area contributed by atoms with E-state index < -0.39 is 0 Å². The second-order valence-corrected chi connectivity index (χ2v) is 6.19. The van der Waals surface area contributed by atoms with E-state index >= 15 is 0 Å². The molecule has 1 rings (SSSR count). The Labute approximate surface area is 123 Å². The molecule has 0 nitrogen and oxygen atoms in total. The third kappa shape index (κ3) is 4.24. The molecule has 0 N–H and O–H groups in total. The van der Waals surface area contributed by atoms with Crippen molar-refractivity contribution in [1.82, 2.24) is 0 Å². The van der Waals surface area contributed by atoms with Crippen molar-refractivity contribution in [3.05, 3.63) is 34.1 Å². The lowest BCUT2D eigenvalue weighted by atomic mass is 9.77. The Balaban J connectivity index is 2.88. The molecule has 0 spiro atoms. The molecular weight excluding hydrogens is 315 g/mol. The van der Waals surface area contributed by atoms with Gasteiger partial charge in [0.1, 0.15) is 5.82 Å². The van der Waals surface area contributed by atoms with Crippen LogP contribution in [0.1, 0.15) is 45.1 Å². The van der Waals surface area contributed by atoms with E-state index in [0.29, 0.717) is 5.88 Å². The fourth-order valence-electron chi connectivity index (χ4n) is 2.22. The quantitative estimate of drug-likeness (QED) is 0.540. The fourth-order valence-corrected chi connectivity index (χ4v) is 2.97. The molecule has 0 saturated carbocycles. The van der Waals surface area contributed by atoms with E-state index in [0.717, 1.165) is 42.1 Å². The van der Waals surface area contributed by atoms with Crippen molar-refractivity contribution in [1.29, 1.82) is 0 Å². The number of halogens is 3. The average molecular weight is 336 g/mol. The summed E-state index contributed by atoms with van der Waals surface area (Å²) in [6.07, 6.45) is 5.09. The number of hydrogen-bond acceptors (Lipinski definition) is 0. The molecule has 0 aliphatic carbocycles. The van der Waals surface area contributed by atoms with E-state index in [1.807, 2.05) is 12.1 Å². The summed E-state index contributed by atoms with van der Waals surface area (Å²) < 4.78 is 14.7. The first-order chi connectivity index (χ1) is 8.56. The van der Waals surface area contributed by atoms with Crippen molar-refractivity contribution in [2.24, 2.45) is 5.41 Å². The number of benzene rings is 1. The van der Waals surface area contributed by atoms with Gasteiger partial charge in [-0.3, -0.25) is 0 Å². The lowest BCUT2D eigenvalue weighted by Gasteiger charge is -2.31. The minimum absolute atomic E-state index is 0.0340. The van der Waals surface area contributed by atoms with Crippen LogP contribution < -0.4 is 0 Å². The first-order valence-electron chi connectivity index (χ1n) is 6.57. The summed E-state index contributed by atoms with van der Waals surface area (Å²) >= 11 is 9.45. The summed E-state index contributed by atoms with van der Waals surface area (Å²) in [5, 5.41) is 0. The minimum Gasteiger partial charge on any atom is -0.207 e. The number of alkyl halides is 1. The van der Waals surface area contributed by atoms with Gasteiger partial charge in [-0.15, -0.1) is 11.6 Å². The number of rotatable bonds is 7. The second-order valence-electron chi connectivity index (χ2n) is 5.00. The van der Waals surface area contributed by atoms with Crippen LogP contribution in [0.25, 0.3) is 0 Å². The van der Waals surface area contributed by atoms with Gasteiger partial charge >= 0.3 is 0 Å². The zero-order valence-corrected chi connectivity index (χ0v) is 13.5. The van der Waals surface area contributed by atoms with Crippen molar-refractivity contribution in [2.45, 2.75) is 46.0 Å². The SMILES string of the molecule is CCCCC(CC)(CCl)Cc1ccc(Br)cc1F. The topological polar surface area (TPSA) is 0 Å². The van der Waals surface area contributed by atoms with Crippen LogP contribution in [0.3, 0.4) is 0 Å². The Bertz CT molecular complexity index is 375. The van der Waals surface area contributed by atoms with Crippen molar-refractivity contribution in [3.63, 3.8) is 0 Å². The molecule has 0 fully saturated rings. The average Bonchev–Trinajstić information content (AvgIpc) is 2.37. The van der Waals surface area contributed by atoms with E-state index in [2.05, 4.69) is 29.8 Å². The Morgan fingerprint density at radius 3 is 2.56 bits per heavy atom. The summed E-state index contributed by atoms with van der Waals surface area (Å²) in [5.41, 5.74) is 0.809. The minimum atomic E-state index is -0.135. The van der Waals surface area contributed by atoms with Gasteiger partial charge in [-0.25, -0.2) is 4.39 Å². The Morgan fingerprint density at radius 2 is 2.06 bits per heavy atom. The molecule has 0 bridgehead atoms. The van der Waals surface area contributed by atoms with Gasteiger partial charge in [-0.1, -0.05) is 48.7 Å². The molecule has 18 heavy (non-hydrogen) atoms. The van der Waals surface area contributed by atoms with E-state index in [9.17, 15) is 4.39 Å². The maximum absolute atomic E-state index is 13.9. The molecule has 3 heteroatoms. The summed E-state index contributed by atoms with van der Waals surface area (Å²) in [6.45, 7) is 4.32. The fraction of sp³-hybridized carbons (Fsp3) is 0.600. The van der Waals surface area contributed by atoms with E-state index in [-0.39, 0.29) is 11.2 Å². The number of unbranched alkanes of at least 4 members (excludes halogenated alkanes) is 1. The predicted octanol–water partition coefficient (Wildman–Crippen LogP) is 5.96. The maximum Gasteiger partial charge on any atom is 0.127 e. The summed E-state index contributed by atoms with van der Waals surface area (Å²) in [5.74, 6) is 0.461. The van der Waals surface area contributed by atoms with E-state index in [1.165, 1.54) is 6.07 Å². The third-order valence-electron chi connectivity index (χ3n) is 3.67. The largest absolute Gasteiger partial charge is 0.207 e. The van der Waals surface area contributed by atoms with Gasteiger partial charge in [-0.2, -0.15) is 0 Å². The molecule has 0 aromatic heterocycles. The molecule has 1 aromatic rings. The van der Waals surface area contributed by atoms with Gasteiger partial charge in [0.15, 0.2) is 0 Å². The molecule has 1 aromatic carbocycles. The molecule has 102 valence electrons. The monoisotopic (exact) mass is 334 g/mol. The zero-order valence-electron chi connectivity index (χ0n) is 11.1. The molecule has 1 unspecified atom stereocenters. The van der Waals surface area contributed by atoms with Crippen LogP contribution in [-0.4, -0.2) is 5.88 Å². The van der Waals surface area contributed by atoms with Gasteiger partial charge < -0.3 is 0 Å². The van der Waals surface area contributed by atoms with Crippen molar-refractivity contribution in [3.8, 4) is 0 Å². The molecule has 0 aliphatic rings. The number of hydrogen-bond donors (Lipinski definition) is 0. The highest BCUT2D eigenvalue weighted by atomic mass is 79.9. The summed E-state index contributed by atoms with van der Waals surface area (Å²) in [7, 11) is 0. The highest BCUT2D eigenvalue weighted by Gasteiger charge is 2.28. The van der Waals surface area contributed by atoms with E-state index in [4.69, 9.17) is 11.6 Å². The lowest BCUT2D eigenvalue weighted by molar-refractivity contribution is 0.275. The van der Waals surface area contributed by atoms with Crippen molar-refractivity contribution < 1.29 is 4.39 Å². The summed E-state index contributed by atoms with van der Waals surface area (Å²) in [6, 6.07) is 5.29. The zero-order chi connectivity index (χ0) is 13.6. The Hall–Kier alpha value is -0.0800. The van der Waals surface area contributed by atoms with E-state index in [1.54, 1.807) is 0 Å². The van der Waals surface area contributed by atoms with Crippen LogP contribution in [-0.2, 0) is 6.42 Å². The molecule has 0 radical (unpaired) electrons. The smallest absolute Gasteiger partial charge is 0.127 e. The van der Waals surface area contributed by atoms with Crippen LogP contribution in [0.2, 0.25) is 0 Å². The molecule has 0 aliphatic heterocycles. The highest BCUT2D eigenvalue weighted by Crippen LogP contribution is 2.35. The first-order valence-corrected chi connectivity index (χ1v) is 7.89. The van der Waals surface area contributed by atoms with Gasteiger partial charge in [0.05, 0.1) is 0 Å². The molecule has 0 heterocycles. The standard InChI is InChI=1S/C15H21BrClF/c1-3-5-8-15(4-2,11-17)10-12-6-7-13(16)9-14(12)18/h6-7,9H,3-5,8,10-11H2,1-2H3. The molecule has 0 amide bonds. The highest BCUT2D eigenvalue weighted by molar-refractivity contribution is 9.10. The molecular formula is C15H21BrClF. The van der Waals surface area contributed by atoms with Crippen molar-refractivity contribution >= 4 is 27.5 Å². The summed E-state index contributed by atoms with van der Waals surface area (Å²) in [4.78, 5) is 0. The predicted molar refractivity (Wildman–Crippen MR) is 80.8 cm³/mol. The second kappa shape index (κ2) is 7.49. The van der Waals surface area contributed by atoms with Gasteiger partial charge in [0.2, 0.25) is 0 Å². The Kier molecular flexibility index (Phi) is 6.65. The van der Waals surface area contributed by atoms with Crippen molar-refractivity contribution in [2.75, 3.05) is 5.88 Å². The van der Waals surface area contributed by atoms with Crippen LogP contribution in [0.15, 0.2) is 22.7 Å². The normalized spacial score (nSPS) is 14.5. The molecule has 0 saturated heterocycles. The Morgan fingerprint density at radius 1 is 1.33 bits per heavy atom. The third-order valence-corrected chi connectivity index (χ3v) is 4.73. The van der Waals surface area contributed by atoms with Gasteiger partial charge in [0, 0.05) is 10.4 Å². The lowest BCUT2D eigenvalue weighted by Crippen LogP contribution is -2.25. The van der Waals surface area contributed by atoms with Crippen LogP contribution in [0.5, 0.6) is 0 Å². The maximum atomic E-state index is 13.9. The first kappa shape index (κ1) is 16.0. The molecule has 1 atom stereocenters.